The average Bonchev–Trinajstić information content (AvgIpc) is 2.86. The highest BCUT2D eigenvalue weighted by molar-refractivity contribution is 9.10. The van der Waals surface area contributed by atoms with Gasteiger partial charge in [0.2, 0.25) is 5.89 Å². The molecule has 1 aromatic heterocycles. The fourth-order valence-corrected chi connectivity index (χ4v) is 2.36. The molecule has 6 heteroatoms. The van der Waals surface area contributed by atoms with Gasteiger partial charge in [0.05, 0.1) is 11.7 Å². The second-order valence-corrected chi connectivity index (χ2v) is 6.09. The Hall–Kier alpha value is -1.14. The molecule has 0 aliphatic rings. The number of thioether (sulfide) groups is 1. The Morgan fingerprint density at radius 3 is 2.74 bits per heavy atom. The third kappa shape index (κ3) is 3.91. The van der Waals surface area contributed by atoms with Crippen molar-refractivity contribution >= 4 is 33.5 Å². The number of halogens is 1. The van der Waals surface area contributed by atoms with Crippen LogP contribution in [0.5, 0.6) is 0 Å². The van der Waals surface area contributed by atoms with E-state index < -0.39 is 0 Å². The van der Waals surface area contributed by atoms with E-state index in [1.165, 1.54) is 6.92 Å². The number of rotatable bonds is 5. The zero-order valence-electron chi connectivity index (χ0n) is 10.6. The third-order valence-corrected chi connectivity index (χ3v) is 4.18. The molecule has 0 radical (unpaired) electrons. The maximum atomic E-state index is 11.2. The number of carbonyl (C=O) groups is 1. The van der Waals surface area contributed by atoms with Crippen LogP contribution in [0.4, 0.5) is 0 Å². The van der Waals surface area contributed by atoms with Gasteiger partial charge in [-0.1, -0.05) is 21.1 Å². The molecule has 0 saturated carbocycles. The summed E-state index contributed by atoms with van der Waals surface area (Å²) in [6.45, 7) is 3.28. The van der Waals surface area contributed by atoms with Crippen molar-refractivity contribution in [3.05, 3.63) is 40.5 Å². The van der Waals surface area contributed by atoms with Crippen LogP contribution in [0.25, 0.3) is 0 Å². The predicted molar refractivity (Wildman–Crippen MR) is 77.1 cm³/mol. The lowest BCUT2D eigenvalue weighted by molar-refractivity contribution is -0.118. The van der Waals surface area contributed by atoms with Gasteiger partial charge in [-0.25, -0.2) is 0 Å². The van der Waals surface area contributed by atoms with Crippen molar-refractivity contribution in [1.82, 2.24) is 10.1 Å². The third-order valence-electron chi connectivity index (χ3n) is 2.65. The zero-order valence-corrected chi connectivity index (χ0v) is 13.0. The topological polar surface area (TPSA) is 56.0 Å². The average molecular weight is 341 g/mol. The summed E-state index contributed by atoms with van der Waals surface area (Å²) in [6.07, 6.45) is 0. The summed E-state index contributed by atoms with van der Waals surface area (Å²) in [6, 6.07) is 8.02. The van der Waals surface area contributed by atoms with Crippen molar-refractivity contribution in [2.24, 2.45) is 0 Å². The fraction of sp³-hybridized carbons (Fsp3) is 0.308. The molecule has 0 aliphatic heterocycles. The molecule has 0 spiro atoms. The van der Waals surface area contributed by atoms with Crippen LogP contribution >= 0.6 is 27.7 Å². The second-order valence-electron chi connectivity index (χ2n) is 4.12. The monoisotopic (exact) mass is 340 g/mol. The molecular formula is C13H13BrN2O2S. The Morgan fingerprint density at radius 2 is 2.11 bits per heavy atom. The Kier molecular flexibility index (Phi) is 4.76. The van der Waals surface area contributed by atoms with Crippen LogP contribution < -0.4 is 0 Å². The SMILES string of the molecule is CC(=O)C(C)c1nc(CSc2ccc(Br)cc2)no1. The van der Waals surface area contributed by atoms with E-state index in [1.54, 1.807) is 18.7 Å². The summed E-state index contributed by atoms with van der Waals surface area (Å²) in [5.41, 5.74) is 0. The van der Waals surface area contributed by atoms with Gasteiger partial charge in [0, 0.05) is 9.37 Å². The van der Waals surface area contributed by atoms with Gasteiger partial charge in [-0.2, -0.15) is 4.98 Å². The number of hydrogen-bond acceptors (Lipinski definition) is 5. The lowest BCUT2D eigenvalue weighted by atomic mass is 10.1. The minimum Gasteiger partial charge on any atom is -0.339 e. The number of hydrogen-bond donors (Lipinski definition) is 0. The molecule has 0 saturated heterocycles. The van der Waals surface area contributed by atoms with E-state index in [-0.39, 0.29) is 11.7 Å². The largest absolute Gasteiger partial charge is 0.339 e. The van der Waals surface area contributed by atoms with Crippen LogP contribution in [0.3, 0.4) is 0 Å². The summed E-state index contributed by atoms with van der Waals surface area (Å²) in [5, 5.41) is 3.88. The van der Waals surface area contributed by atoms with E-state index in [4.69, 9.17) is 4.52 Å². The molecule has 0 fully saturated rings. The minimum atomic E-state index is -0.334. The number of ketones is 1. The highest BCUT2D eigenvalue weighted by Crippen LogP contribution is 2.24. The lowest BCUT2D eigenvalue weighted by Crippen LogP contribution is -2.04. The molecule has 1 aromatic carbocycles. The van der Waals surface area contributed by atoms with Gasteiger partial charge in [-0.3, -0.25) is 4.79 Å². The fourth-order valence-electron chi connectivity index (χ4n) is 1.35. The Balaban J connectivity index is 1.97. The van der Waals surface area contributed by atoms with Gasteiger partial charge in [-0.15, -0.1) is 11.8 Å². The van der Waals surface area contributed by atoms with Gasteiger partial charge >= 0.3 is 0 Å². The minimum absolute atomic E-state index is 0.0239. The molecule has 1 heterocycles. The molecule has 100 valence electrons. The molecule has 2 aromatic rings. The molecule has 1 atom stereocenters. The first-order valence-corrected chi connectivity index (χ1v) is 7.55. The van der Waals surface area contributed by atoms with Crippen LogP contribution in [0, 0.1) is 0 Å². The molecule has 0 N–H and O–H groups in total. The van der Waals surface area contributed by atoms with Crippen LogP contribution in [0.2, 0.25) is 0 Å². The number of aromatic nitrogens is 2. The molecule has 4 nitrogen and oxygen atoms in total. The Bertz CT molecular complexity index is 568. The van der Waals surface area contributed by atoms with Crippen molar-refractivity contribution in [1.29, 1.82) is 0 Å². The summed E-state index contributed by atoms with van der Waals surface area (Å²) in [5.74, 6) is 1.31. The smallest absolute Gasteiger partial charge is 0.236 e. The van der Waals surface area contributed by atoms with Crippen molar-refractivity contribution in [3.8, 4) is 0 Å². The number of Topliss-reactive ketones (excluding diaryl/α,β-unsaturated/α-hetero) is 1. The van der Waals surface area contributed by atoms with Gasteiger partial charge in [0.1, 0.15) is 5.78 Å². The summed E-state index contributed by atoms with van der Waals surface area (Å²) >= 11 is 5.02. The van der Waals surface area contributed by atoms with Crippen LogP contribution in [0.15, 0.2) is 38.2 Å². The normalized spacial score (nSPS) is 12.4. The summed E-state index contributed by atoms with van der Waals surface area (Å²) in [4.78, 5) is 16.6. The standard InChI is InChI=1S/C13H13BrN2O2S/c1-8(9(2)17)13-15-12(16-18-13)7-19-11-5-3-10(14)4-6-11/h3-6,8H,7H2,1-2H3. The van der Waals surface area contributed by atoms with Crippen molar-refractivity contribution < 1.29 is 9.32 Å². The highest BCUT2D eigenvalue weighted by Gasteiger charge is 2.18. The van der Waals surface area contributed by atoms with Crippen LogP contribution in [-0.2, 0) is 10.5 Å². The predicted octanol–water partition coefficient (Wildman–Crippen LogP) is 3.82. The van der Waals surface area contributed by atoms with Crippen molar-refractivity contribution in [2.45, 2.75) is 30.4 Å². The summed E-state index contributed by atoms with van der Waals surface area (Å²) in [7, 11) is 0. The number of carbonyl (C=O) groups excluding carboxylic acids is 1. The van der Waals surface area contributed by atoms with Gasteiger partial charge in [0.25, 0.3) is 0 Å². The van der Waals surface area contributed by atoms with Gasteiger partial charge < -0.3 is 4.52 Å². The van der Waals surface area contributed by atoms with Gasteiger partial charge in [0.15, 0.2) is 5.82 Å². The molecule has 1 unspecified atom stereocenters. The van der Waals surface area contributed by atoms with E-state index in [2.05, 4.69) is 26.1 Å². The first-order chi connectivity index (χ1) is 9.06. The maximum absolute atomic E-state index is 11.2. The number of benzene rings is 1. The van der Waals surface area contributed by atoms with Crippen molar-refractivity contribution in [2.75, 3.05) is 0 Å². The van der Waals surface area contributed by atoms with E-state index in [9.17, 15) is 4.79 Å². The summed E-state index contributed by atoms with van der Waals surface area (Å²) < 4.78 is 6.14. The van der Waals surface area contributed by atoms with E-state index in [1.807, 2.05) is 24.3 Å². The zero-order chi connectivity index (χ0) is 13.8. The second kappa shape index (κ2) is 6.34. The first kappa shape index (κ1) is 14.3. The van der Waals surface area contributed by atoms with Crippen LogP contribution in [-0.4, -0.2) is 15.9 Å². The molecule has 2 rings (SSSR count). The van der Waals surface area contributed by atoms with Gasteiger partial charge in [-0.05, 0) is 38.1 Å². The molecule has 0 bridgehead atoms. The highest BCUT2D eigenvalue weighted by atomic mass is 79.9. The molecular weight excluding hydrogens is 328 g/mol. The van der Waals surface area contributed by atoms with E-state index >= 15 is 0 Å². The first-order valence-electron chi connectivity index (χ1n) is 5.77. The number of nitrogens with zero attached hydrogens (tertiary/aromatic N) is 2. The van der Waals surface area contributed by atoms with Crippen LogP contribution in [0.1, 0.15) is 31.5 Å². The van der Waals surface area contributed by atoms with E-state index in [0.717, 1.165) is 9.37 Å². The van der Waals surface area contributed by atoms with Crippen molar-refractivity contribution in [3.63, 3.8) is 0 Å². The van der Waals surface area contributed by atoms with E-state index in [0.29, 0.717) is 17.5 Å². The molecule has 19 heavy (non-hydrogen) atoms. The Morgan fingerprint density at radius 1 is 1.42 bits per heavy atom. The Labute approximate surface area is 124 Å². The maximum Gasteiger partial charge on any atom is 0.236 e. The lowest BCUT2D eigenvalue weighted by Gasteiger charge is -1.99. The molecule has 0 aliphatic carbocycles. The molecule has 0 amide bonds. The quantitative estimate of drug-likeness (QED) is 0.774.